The van der Waals surface area contributed by atoms with Crippen molar-refractivity contribution in [2.75, 3.05) is 0 Å². The molecule has 1 aliphatic rings. The first-order valence-corrected chi connectivity index (χ1v) is 4.68. The molecule has 0 aromatic heterocycles. The molecule has 4 nitrogen and oxygen atoms in total. The number of aliphatic carboxylic acids is 2. The molecule has 1 aliphatic carbocycles. The molecule has 0 heterocycles. The Morgan fingerprint density at radius 2 is 2.14 bits per heavy atom. The SMILES string of the molecule is CCC1(C(=O)O)C=CCCC1C(=O)O. The average molecular weight is 198 g/mol. The smallest absolute Gasteiger partial charge is 0.314 e. The highest BCUT2D eigenvalue weighted by Gasteiger charge is 2.47. The van der Waals surface area contributed by atoms with Crippen molar-refractivity contribution in [2.24, 2.45) is 11.3 Å². The van der Waals surface area contributed by atoms with Crippen LogP contribution in [0.3, 0.4) is 0 Å². The number of carboxylic acid groups (broad SMARTS) is 2. The molecule has 0 aliphatic heterocycles. The second kappa shape index (κ2) is 3.82. The Bertz CT molecular complexity index is 282. The molecule has 0 saturated carbocycles. The molecule has 0 radical (unpaired) electrons. The van der Waals surface area contributed by atoms with E-state index in [1.807, 2.05) is 0 Å². The van der Waals surface area contributed by atoms with E-state index in [1.165, 1.54) is 6.08 Å². The molecule has 0 aromatic carbocycles. The number of hydrogen-bond acceptors (Lipinski definition) is 2. The molecule has 14 heavy (non-hydrogen) atoms. The van der Waals surface area contributed by atoms with E-state index < -0.39 is 23.3 Å². The molecule has 0 amide bonds. The third kappa shape index (κ3) is 1.52. The van der Waals surface area contributed by atoms with Gasteiger partial charge in [0.05, 0.1) is 11.3 Å². The highest BCUT2D eigenvalue weighted by molar-refractivity contribution is 5.85. The first-order chi connectivity index (χ1) is 6.54. The van der Waals surface area contributed by atoms with Gasteiger partial charge in [0.15, 0.2) is 0 Å². The molecule has 0 aromatic rings. The normalized spacial score (nSPS) is 31.4. The van der Waals surface area contributed by atoms with Gasteiger partial charge in [-0.1, -0.05) is 19.1 Å². The third-order valence-corrected chi connectivity index (χ3v) is 2.94. The molecule has 78 valence electrons. The molecular formula is C10H14O4. The lowest BCUT2D eigenvalue weighted by molar-refractivity contribution is -0.160. The van der Waals surface area contributed by atoms with Gasteiger partial charge in [-0.3, -0.25) is 9.59 Å². The summed E-state index contributed by atoms with van der Waals surface area (Å²) < 4.78 is 0. The fourth-order valence-corrected chi connectivity index (χ4v) is 2.01. The van der Waals surface area contributed by atoms with Crippen molar-refractivity contribution < 1.29 is 19.8 Å². The Morgan fingerprint density at radius 3 is 2.50 bits per heavy atom. The Labute approximate surface area is 82.2 Å². The monoisotopic (exact) mass is 198 g/mol. The summed E-state index contributed by atoms with van der Waals surface area (Å²) in [6.07, 6.45) is 4.67. The molecule has 2 N–H and O–H groups in total. The summed E-state index contributed by atoms with van der Waals surface area (Å²) in [5.41, 5.74) is -1.20. The number of allylic oxidation sites excluding steroid dienone is 1. The van der Waals surface area contributed by atoms with Gasteiger partial charge in [0, 0.05) is 0 Å². The largest absolute Gasteiger partial charge is 0.481 e. The summed E-state index contributed by atoms with van der Waals surface area (Å²) in [6.45, 7) is 1.71. The van der Waals surface area contributed by atoms with Crippen LogP contribution in [-0.4, -0.2) is 22.2 Å². The van der Waals surface area contributed by atoms with E-state index in [-0.39, 0.29) is 0 Å². The molecule has 2 unspecified atom stereocenters. The zero-order chi connectivity index (χ0) is 10.8. The zero-order valence-corrected chi connectivity index (χ0v) is 8.06. The van der Waals surface area contributed by atoms with Gasteiger partial charge in [0.2, 0.25) is 0 Å². The van der Waals surface area contributed by atoms with E-state index in [0.29, 0.717) is 19.3 Å². The van der Waals surface area contributed by atoms with Crippen molar-refractivity contribution in [3.05, 3.63) is 12.2 Å². The second-order valence-electron chi connectivity index (χ2n) is 3.57. The van der Waals surface area contributed by atoms with E-state index in [1.54, 1.807) is 13.0 Å². The zero-order valence-electron chi connectivity index (χ0n) is 8.06. The minimum atomic E-state index is -1.20. The Morgan fingerprint density at radius 1 is 1.50 bits per heavy atom. The van der Waals surface area contributed by atoms with Gasteiger partial charge in [-0.15, -0.1) is 0 Å². The molecule has 0 fully saturated rings. The van der Waals surface area contributed by atoms with E-state index in [9.17, 15) is 9.59 Å². The van der Waals surface area contributed by atoms with E-state index in [4.69, 9.17) is 10.2 Å². The predicted molar refractivity (Wildman–Crippen MR) is 49.9 cm³/mol. The van der Waals surface area contributed by atoms with Gasteiger partial charge in [-0.25, -0.2) is 0 Å². The van der Waals surface area contributed by atoms with Gasteiger partial charge < -0.3 is 10.2 Å². The second-order valence-corrected chi connectivity index (χ2v) is 3.57. The van der Waals surface area contributed by atoms with Gasteiger partial charge in [0.25, 0.3) is 0 Å². The molecule has 0 spiro atoms. The molecule has 2 atom stereocenters. The van der Waals surface area contributed by atoms with Gasteiger partial charge in [-0.05, 0) is 19.3 Å². The maximum atomic E-state index is 11.1. The highest BCUT2D eigenvalue weighted by atomic mass is 16.4. The number of carbonyl (C=O) groups is 2. The van der Waals surface area contributed by atoms with Crippen LogP contribution in [0.1, 0.15) is 26.2 Å². The van der Waals surface area contributed by atoms with Crippen LogP contribution in [0, 0.1) is 11.3 Å². The lowest BCUT2D eigenvalue weighted by Gasteiger charge is -2.33. The molecule has 4 heteroatoms. The predicted octanol–water partition coefficient (Wildman–Crippen LogP) is 1.52. The van der Waals surface area contributed by atoms with Crippen molar-refractivity contribution >= 4 is 11.9 Å². The van der Waals surface area contributed by atoms with Crippen molar-refractivity contribution in [3.63, 3.8) is 0 Å². The fourth-order valence-electron chi connectivity index (χ4n) is 2.01. The van der Waals surface area contributed by atoms with E-state index in [0.717, 1.165) is 0 Å². The summed E-state index contributed by atoms with van der Waals surface area (Å²) in [7, 11) is 0. The van der Waals surface area contributed by atoms with Crippen LogP contribution in [0.4, 0.5) is 0 Å². The van der Waals surface area contributed by atoms with Gasteiger partial charge in [0.1, 0.15) is 0 Å². The van der Waals surface area contributed by atoms with Crippen molar-refractivity contribution in [2.45, 2.75) is 26.2 Å². The van der Waals surface area contributed by atoms with Crippen LogP contribution in [0.15, 0.2) is 12.2 Å². The molecular weight excluding hydrogens is 184 g/mol. The van der Waals surface area contributed by atoms with Gasteiger partial charge >= 0.3 is 11.9 Å². The Balaban J connectivity index is 3.10. The molecule has 0 bridgehead atoms. The molecule has 0 saturated heterocycles. The lowest BCUT2D eigenvalue weighted by atomic mass is 9.68. The minimum Gasteiger partial charge on any atom is -0.481 e. The van der Waals surface area contributed by atoms with E-state index in [2.05, 4.69) is 0 Å². The van der Waals surface area contributed by atoms with Crippen LogP contribution in [0.5, 0.6) is 0 Å². The van der Waals surface area contributed by atoms with Crippen LogP contribution in [-0.2, 0) is 9.59 Å². The van der Waals surface area contributed by atoms with Crippen LogP contribution < -0.4 is 0 Å². The number of hydrogen-bond donors (Lipinski definition) is 2. The Kier molecular flexibility index (Phi) is 2.93. The first kappa shape index (κ1) is 10.8. The van der Waals surface area contributed by atoms with Crippen LogP contribution >= 0.6 is 0 Å². The Hall–Kier alpha value is -1.32. The summed E-state index contributed by atoms with van der Waals surface area (Å²) in [5.74, 6) is -2.85. The summed E-state index contributed by atoms with van der Waals surface area (Å²) in [5, 5.41) is 18.1. The summed E-state index contributed by atoms with van der Waals surface area (Å²) in [4.78, 5) is 22.0. The quantitative estimate of drug-likeness (QED) is 0.674. The standard InChI is InChI=1S/C10H14O4/c1-2-10(9(13)14)6-4-3-5-7(10)8(11)12/h4,6-7H,2-3,5H2,1H3,(H,11,12)(H,13,14). The number of rotatable bonds is 3. The maximum absolute atomic E-state index is 11.1. The van der Waals surface area contributed by atoms with E-state index >= 15 is 0 Å². The van der Waals surface area contributed by atoms with Crippen LogP contribution in [0.25, 0.3) is 0 Å². The van der Waals surface area contributed by atoms with Crippen molar-refractivity contribution in [1.29, 1.82) is 0 Å². The summed E-state index contributed by atoms with van der Waals surface area (Å²) >= 11 is 0. The first-order valence-electron chi connectivity index (χ1n) is 4.68. The minimum absolute atomic E-state index is 0.315. The molecule has 1 rings (SSSR count). The highest BCUT2D eigenvalue weighted by Crippen LogP contribution is 2.40. The van der Waals surface area contributed by atoms with Gasteiger partial charge in [-0.2, -0.15) is 0 Å². The fraction of sp³-hybridized carbons (Fsp3) is 0.600. The van der Waals surface area contributed by atoms with Crippen LogP contribution in [0.2, 0.25) is 0 Å². The number of carboxylic acids is 2. The van der Waals surface area contributed by atoms with Crippen molar-refractivity contribution in [3.8, 4) is 0 Å². The third-order valence-electron chi connectivity index (χ3n) is 2.94. The summed E-state index contributed by atoms with van der Waals surface area (Å²) in [6, 6.07) is 0. The average Bonchev–Trinajstić information content (AvgIpc) is 2.17. The topological polar surface area (TPSA) is 74.6 Å². The lowest BCUT2D eigenvalue weighted by Crippen LogP contribution is -2.42. The van der Waals surface area contributed by atoms with Crippen molar-refractivity contribution in [1.82, 2.24) is 0 Å². The maximum Gasteiger partial charge on any atom is 0.314 e.